The Labute approximate surface area is 167 Å². The molecule has 1 heterocycles. The van der Waals surface area contributed by atoms with Gasteiger partial charge in [-0.15, -0.1) is 0 Å². The molecule has 28 heavy (non-hydrogen) atoms. The lowest BCUT2D eigenvalue weighted by Gasteiger charge is -2.11. The van der Waals surface area contributed by atoms with Crippen LogP contribution in [0.1, 0.15) is 43.4 Å². The minimum Gasteiger partial charge on any atom is -0.361 e. The van der Waals surface area contributed by atoms with E-state index in [0.29, 0.717) is 18.0 Å². The molecule has 0 fully saturated rings. The van der Waals surface area contributed by atoms with Gasteiger partial charge in [0.05, 0.1) is 17.1 Å². The van der Waals surface area contributed by atoms with Gasteiger partial charge in [0.15, 0.2) is 15.8 Å². The first-order valence-electron chi connectivity index (χ1n) is 9.66. The molecule has 0 saturated carbocycles. The Bertz CT molecular complexity index is 865. The molecule has 0 aliphatic rings. The Morgan fingerprint density at radius 2 is 1.82 bits per heavy atom. The fourth-order valence-electron chi connectivity index (χ4n) is 2.85. The van der Waals surface area contributed by atoms with Crippen molar-refractivity contribution in [1.29, 1.82) is 0 Å². The SMILES string of the molecule is CCNC(=NCc1c(CC)noc1CC)NCCc1ccc(S(C)(=O)=O)cc1. The molecular weight excluding hydrogens is 376 g/mol. The highest BCUT2D eigenvalue weighted by Gasteiger charge is 2.13. The zero-order valence-electron chi connectivity index (χ0n) is 17.1. The number of aliphatic imine (C=N–C) groups is 1. The second-order valence-electron chi connectivity index (χ2n) is 6.53. The molecule has 0 saturated heterocycles. The van der Waals surface area contributed by atoms with Crippen LogP contribution >= 0.6 is 0 Å². The molecule has 0 amide bonds. The number of hydrogen-bond acceptors (Lipinski definition) is 5. The van der Waals surface area contributed by atoms with Crippen LogP contribution < -0.4 is 10.6 Å². The predicted octanol–water partition coefficient (Wildman–Crippen LogP) is 2.50. The maximum atomic E-state index is 11.5. The Morgan fingerprint density at radius 1 is 1.11 bits per heavy atom. The van der Waals surface area contributed by atoms with Crippen molar-refractivity contribution >= 4 is 15.8 Å². The van der Waals surface area contributed by atoms with Gasteiger partial charge in [-0.2, -0.15) is 0 Å². The zero-order chi connectivity index (χ0) is 20.6. The lowest BCUT2D eigenvalue weighted by molar-refractivity contribution is 0.380. The summed E-state index contributed by atoms with van der Waals surface area (Å²) < 4.78 is 28.5. The molecule has 2 rings (SSSR count). The number of aromatic nitrogens is 1. The number of nitrogens with one attached hydrogen (secondary N) is 2. The monoisotopic (exact) mass is 406 g/mol. The maximum absolute atomic E-state index is 11.5. The molecule has 0 radical (unpaired) electrons. The summed E-state index contributed by atoms with van der Waals surface area (Å²) in [5.74, 6) is 1.63. The average Bonchev–Trinajstić information content (AvgIpc) is 3.07. The number of nitrogens with zero attached hydrogens (tertiary/aromatic N) is 2. The summed E-state index contributed by atoms with van der Waals surface area (Å²) in [6, 6.07) is 6.99. The molecule has 8 heteroatoms. The summed E-state index contributed by atoms with van der Waals surface area (Å²) >= 11 is 0. The minimum atomic E-state index is -3.16. The third-order valence-corrected chi connectivity index (χ3v) is 5.53. The van der Waals surface area contributed by atoms with Gasteiger partial charge in [-0.3, -0.25) is 0 Å². The van der Waals surface area contributed by atoms with Crippen molar-refractivity contribution in [3.8, 4) is 0 Å². The second-order valence-corrected chi connectivity index (χ2v) is 8.54. The molecule has 1 aromatic carbocycles. The largest absolute Gasteiger partial charge is 0.361 e. The molecule has 0 aliphatic heterocycles. The van der Waals surface area contributed by atoms with Gasteiger partial charge in [0.25, 0.3) is 0 Å². The van der Waals surface area contributed by atoms with Crippen LogP contribution in [0.2, 0.25) is 0 Å². The molecule has 0 aliphatic carbocycles. The number of hydrogen-bond donors (Lipinski definition) is 2. The molecule has 0 unspecified atom stereocenters. The number of aryl methyl sites for hydroxylation is 2. The highest BCUT2D eigenvalue weighted by Crippen LogP contribution is 2.16. The lowest BCUT2D eigenvalue weighted by Crippen LogP contribution is -2.38. The Balaban J connectivity index is 1.97. The van der Waals surface area contributed by atoms with Crippen molar-refractivity contribution in [2.24, 2.45) is 4.99 Å². The first-order valence-corrected chi connectivity index (χ1v) is 11.6. The van der Waals surface area contributed by atoms with E-state index in [1.54, 1.807) is 12.1 Å². The van der Waals surface area contributed by atoms with Crippen LogP contribution in [0.3, 0.4) is 0 Å². The van der Waals surface area contributed by atoms with Crippen LogP contribution in [0.25, 0.3) is 0 Å². The van der Waals surface area contributed by atoms with Crippen LogP contribution in [-0.2, 0) is 35.6 Å². The molecule has 0 atom stereocenters. The van der Waals surface area contributed by atoms with Crippen LogP contribution in [0.4, 0.5) is 0 Å². The molecule has 0 spiro atoms. The van der Waals surface area contributed by atoms with Gasteiger partial charge in [-0.1, -0.05) is 31.1 Å². The second kappa shape index (κ2) is 10.3. The smallest absolute Gasteiger partial charge is 0.191 e. The first-order chi connectivity index (χ1) is 13.4. The Hall–Kier alpha value is -2.35. The van der Waals surface area contributed by atoms with E-state index in [0.717, 1.165) is 54.3 Å². The van der Waals surface area contributed by atoms with Crippen LogP contribution in [0, 0.1) is 0 Å². The molecule has 154 valence electrons. The lowest BCUT2D eigenvalue weighted by atomic mass is 10.1. The Kier molecular flexibility index (Phi) is 8.04. The number of rotatable bonds is 9. The standard InChI is InChI=1S/C20H30N4O3S/c1-5-18-17(19(6-2)27-24-18)14-23-20(21-7-3)22-13-12-15-8-10-16(11-9-15)28(4,25)26/h8-11H,5-7,12-14H2,1-4H3,(H2,21,22,23). The summed E-state index contributed by atoms with van der Waals surface area (Å²) in [6.45, 7) is 8.10. The summed E-state index contributed by atoms with van der Waals surface area (Å²) in [5.41, 5.74) is 3.09. The van der Waals surface area contributed by atoms with E-state index in [2.05, 4.69) is 27.7 Å². The molecule has 1 aromatic heterocycles. The van der Waals surface area contributed by atoms with E-state index >= 15 is 0 Å². The highest BCUT2D eigenvalue weighted by atomic mass is 32.2. The molecule has 2 N–H and O–H groups in total. The van der Waals surface area contributed by atoms with Crippen LogP contribution in [-0.4, -0.2) is 38.9 Å². The molecule has 0 bridgehead atoms. The van der Waals surface area contributed by atoms with E-state index < -0.39 is 9.84 Å². The average molecular weight is 407 g/mol. The van der Waals surface area contributed by atoms with E-state index in [-0.39, 0.29) is 0 Å². The van der Waals surface area contributed by atoms with E-state index in [9.17, 15) is 8.42 Å². The molecular formula is C20H30N4O3S. The summed E-state index contributed by atoms with van der Waals surface area (Å²) in [5, 5.41) is 10.7. The van der Waals surface area contributed by atoms with Crippen LogP contribution in [0.15, 0.2) is 38.7 Å². The van der Waals surface area contributed by atoms with Gasteiger partial charge >= 0.3 is 0 Å². The van der Waals surface area contributed by atoms with E-state index in [1.807, 2.05) is 26.0 Å². The van der Waals surface area contributed by atoms with Gasteiger partial charge in [0, 0.05) is 31.3 Å². The number of benzene rings is 1. The quantitative estimate of drug-likeness (QED) is 0.491. The maximum Gasteiger partial charge on any atom is 0.191 e. The van der Waals surface area contributed by atoms with Gasteiger partial charge in [-0.05, 0) is 37.5 Å². The molecule has 7 nitrogen and oxygen atoms in total. The number of sulfone groups is 1. The zero-order valence-corrected chi connectivity index (χ0v) is 17.9. The normalized spacial score (nSPS) is 12.2. The summed E-state index contributed by atoms with van der Waals surface area (Å²) in [7, 11) is -3.16. The number of guanidine groups is 1. The van der Waals surface area contributed by atoms with E-state index in [1.165, 1.54) is 6.26 Å². The minimum absolute atomic E-state index is 0.339. The fraction of sp³-hybridized carbons (Fsp3) is 0.500. The predicted molar refractivity (Wildman–Crippen MR) is 111 cm³/mol. The van der Waals surface area contributed by atoms with Gasteiger partial charge < -0.3 is 15.2 Å². The third-order valence-electron chi connectivity index (χ3n) is 4.40. The van der Waals surface area contributed by atoms with Gasteiger partial charge in [-0.25, -0.2) is 13.4 Å². The molecule has 2 aromatic rings. The highest BCUT2D eigenvalue weighted by molar-refractivity contribution is 7.90. The summed E-state index contributed by atoms with van der Waals surface area (Å²) in [4.78, 5) is 5.01. The van der Waals surface area contributed by atoms with Crippen molar-refractivity contribution in [2.75, 3.05) is 19.3 Å². The third kappa shape index (κ3) is 6.09. The first kappa shape index (κ1) is 21.9. The fourth-order valence-corrected chi connectivity index (χ4v) is 3.48. The van der Waals surface area contributed by atoms with Gasteiger partial charge in [0.2, 0.25) is 0 Å². The Morgan fingerprint density at radius 3 is 2.39 bits per heavy atom. The summed E-state index contributed by atoms with van der Waals surface area (Å²) in [6.07, 6.45) is 3.60. The van der Waals surface area contributed by atoms with Crippen LogP contribution in [0.5, 0.6) is 0 Å². The van der Waals surface area contributed by atoms with Gasteiger partial charge in [0.1, 0.15) is 5.76 Å². The van der Waals surface area contributed by atoms with Crippen molar-refractivity contribution in [3.63, 3.8) is 0 Å². The van der Waals surface area contributed by atoms with Crippen molar-refractivity contribution in [1.82, 2.24) is 15.8 Å². The van der Waals surface area contributed by atoms with Crippen molar-refractivity contribution in [3.05, 3.63) is 46.8 Å². The van der Waals surface area contributed by atoms with Crippen molar-refractivity contribution in [2.45, 2.75) is 51.5 Å². The van der Waals surface area contributed by atoms with E-state index in [4.69, 9.17) is 4.52 Å². The van der Waals surface area contributed by atoms with Crippen molar-refractivity contribution < 1.29 is 12.9 Å². The topological polar surface area (TPSA) is 96.6 Å².